The quantitative estimate of drug-likeness (QED) is 0.577. The van der Waals surface area contributed by atoms with Gasteiger partial charge < -0.3 is 4.55 Å². The molecule has 0 aromatic rings. The smallest absolute Gasteiger partial charge is 0.471 e. The lowest BCUT2D eigenvalue weighted by atomic mass is 9.53. The summed E-state index contributed by atoms with van der Waals surface area (Å²) in [6.07, 6.45) is -0.701. The van der Waals surface area contributed by atoms with Gasteiger partial charge in [-0.2, -0.15) is 13.2 Å². The van der Waals surface area contributed by atoms with Crippen molar-refractivity contribution >= 4 is 11.3 Å². The van der Waals surface area contributed by atoms with Gasteiger partial charge in [0.25, 0.3) is 0 Å². The van der Waals surface area contributed by atoms with Crippen LogP contribution in [0.2, 0.25) is 0 Å². The van der Waals surface area contributed by atoms with Crippen LogP contribution in [0.3, 0.4) is 0 Å². The van der Waals surface area contributed by atoms with Gasteiger partial charge in [-0.05, 0) is 56.3 Å². The van der Waals surface area contributed by atoms with Crippen LogP contribution in [-0.4, -0.2) is 24.9 Å². The maximum atomic E-state index is 13.0. The third-order valence-electron chi connectivity index (χ3n) is 4.82. The first-order chi connectivity index (χ1) is 8.30. The van der Waals surface area contributed by atoms with Crippen LogP contribution in [0.1, 0.15) is 38.5 Å². The molecule has 4 saturated carbocycles. The summed E-state index contributed by atoms with van der Waals surface area (Å²) in [6, 6.07) is 0. The molecule has 104 valence electrons. The molecule has 0 N–H and O–H groups in total. The van der Waals surface area contributed by atoms with Crippen LogP contribution in [0.15, 0.2) is 0 Å². The van der Waals surface area contributed by atoms with Crippen LogP contribution >= 0.6 is 0 Å². The number of nitrogens with zero attached hydrogens (tertiary/aromatic N) is 1. The van der Waals surface area contributed by atoms with Gasteiger partial charge in [-0.1, -0.05) is 0 Å². The molecule has 4 aliphatic carbocycles. The zero-order valence-electron chi connectivity index (χ0n) is 9.78. The van der Waals surface area contributed by atoms with Crippen molar-refractivity contribution in [3.05, 3.63) is 0 Å². The Morgan fingerprint density at radius 3 is 1.72 bits per heavy atom. The van der Waals surface area contributed by atoms with Crippen molar-refractivity contribution in [2.75, 3.05) is 0 Å². The van der Waals surface area contributed by atoms with E-state index in [2.05, 4.69) is 0 Å². The number of hydrogen-bond acceptors (Lipinski definition) is 2. The van der Waals surface area contributed by atoms with E-state index in [1.165, 1.54) is 0 Å². The molecule has 4 rings (SSSR count). The third-order valence-corrected chi connectivity index (χ3v) is 5.71. The van der Waals surface area contributed by atoms with E-state index in [1.54, 1.807) is 0 Å². The van der Waals surface area contributed by atoms with Gasteiger partial charge in [-0.25, -0.2) is 0 Å². The first-order valence-electron chi connectivity index (χ1n) is 6.26. The van der Waals surface area contributed by atoms with E-state index >= 15 is 0 Å². The average Bonchev–Trinajstić information content (AvgIpc) is 2.09. The lowest BCUT2D eigenvalue weighted by Gasteiger charge is -2.60. The summed E-state index contributed by atoms with van der Waals surface area (Å²) in [5.74, 6) is 0.846. The zero-order chi connectivity index (χ0) is 13.1. The topological polar surface area (TPSA) is 43.4 Å². The average molecular weight is 282 g/mol. The van der Waals surface area contributed by atoms with Gasteiger partial charge in [0.15, 0.2) is 0 Å². The molecular formula is C11H15F3NO2S-. The largest absolute Gasteiger partial charge is 0.759 e. The molecule has 7 heteroatoms. The van der Waals surface area contributed by atoms with Gasteiger partial charge in [0.1, 0.15) is 0 Å². The van der Waals surface area contributed by atoms with E-state index in [1.807, 2.05) is 0 Å². The van der Waals surface area contributed by atoms with Gasteiger partial charge in [-0.3, -0.25) is 4.21 Å². The fourth-order valence-corrected chi connectivity index (χ4v) is 5.53. The van der Waals surface area contributed by atoms with E-state index in [0.717, 1.165) is 19.3 Å². The lowest BCUT2D eigenvalue weighted by Crippen LogP contribution is -2.63. The van der Waals surface area contributed by atoms with Crippen molar-refractivity contribution < 1.29 is 21.9 Å². The van der Waals surface area contributed by atoms with Gasteiger partial charge in [0.2, 0.25) is 0 Å². The fourth-order valence-electron chi connectivity index (χ4n) is 4.83. The highest BCUT2D eigenvalue weighted by molar-refractivity contribution is 7.76. The highest BCUT2D eigenvalue weighted by Crippen LogP contribution is 2.59. The van der Waals surface area contributed by atoms with Gasteiger partial charge >= 0.3 is 6.30 Å². The second-order valence-corrected chi connectivity index (χ2v) is 6.92. The molecule has 0 saturated heterocycles. The molecule has 1 unspecified atom stereocenters. The number of alkyl halides is 3. The number of rotatable bonds is 2. The van der Waals surface area contributed by atoms with Gasteiger partial charge in [-0.15, -0.1) is 4.31 Å². The zero-order valence-corrected chi connectivity index (χ0v) is 10.6. The molecule has 0 heterocycles. The lowest BCUT2D eigenvalue weighted by molar-refractivity contribution is -0.258. The minimum Gasteiger partial charge on any atom is -0.759 e. The van der Waals surface area contributed by atoms with Gasteiger partial charge in [0.05, 0.1) is 0 Å². The summed E-state index contributed by atoms with van der Waals surface area (Å²) in [7, 11) is 0. The Hall–Kier alpha value is -0.140. The Balaban J connectivity index is 1.96. The highest BCUT2D eigenvalue weighted by Gasteiger charge is 2.60. The maximum absolute atomic E-state index is 13.0. The summed E-state index contributed by atoms with van der Waals surface area (Å²) >= 11 is -3.23. The van der Waals surface area contributed by atoms with Crippen molar-refractivity contribution in [1.29, 1.82) is 0 Å². The molecule has 4 bridgehead atoms. The summed E-state index contributed by atoms with van der Waals surface area (Å²) in [4.78, 5) is 0. The van der Waals surface area contributed by atoms with E-state index in [0.29, 0.717) is 19.3 Å². The Morgan fingerprint density at radius 1 is 1.06 bits per heavy atom. The van der Waals surface area contributed by atoms with Crippen LogP contribution in [0.25, 0.3) is 0 Å². The molecule has 18 heavy (non-hydrogen) atoms. The van der Waals surface area contributed by atoms with Crippen molar-refractivity contribution in [3.63, 3.8) is 0 Å². The second kappa shape index (κ2) is 3.93. The minimum absolute atomic E-state index is 0.190. The first-order valence-corrected chi connectivity index (χ1v) is 7.30. The summed E-state index contributed by atoms with van der Waals surface area (Å²) < 4.78 is 61.0. The number of halogens is 3. The van der Waals surface area contributed by atoms with Crippen LogP contribution < -0.4 is 0 Å². The van der Waals surface area contributed by atoms with E-state index in [9.17, 15) is 21.9 Å². The molecule has 3 nitrogen and oxygen atoms in total. The van der Waals surface area contributed by atoms with Crippen molar-refractivity contribution in [2.24, 2.45) is 17.8 Å². The van der Waals surface area contributed by atoms with Crippen LogP contribution in [-0.2, 0) is 11.3 Å². The SMILES string of the molecule is O=S([O-])N(C(F)(F)F)C12CC3CC(CC(C3)C1)C2. The van der Waals surface area contributed by atoms with Gasteiger partial charge in [0, 0.05) is 16.8 Å². The second-order valence-electron chi connectivity index (χ2n) is 6.12. The van der Waals surface area contributed by atoms with E-state index in [-0.39, 0.29) is 22.1 Å². The van der Waals surface area contributed by atoms with E-state index < -0.39 is 23.1 Å². The highest BCUT2D eigenvalue weighted by atomic mass is 32.2. The molecule has 1 atom stereocenters. The minimum atomic E-state index is -4.79. The molecule has 0 aliphatic heterocycles. The Morgan fingerprint density at radius 2 is 1.44 bits per heavy atom. The summed E-state index contributed by atoms with van der Waals surface area (Å²) in [6.45, 7) is 0. The third kappa shape index (κ3) is 1.91. The first kappa shape index (κ1) is 12.9. The Bertz CT molecular complexity index is 350. The molecule has 0 amide bonds. The summed E-state index contributed by atoms with van der Waals surface area (Å²) in [5.41, 5.74) is -1.18. The van der Waals surface area contributed by atoms with Crippen molar-refractivity contribution in [3.8, 4) is 0 Å². The normalized spacial score (nSPS) is 44.6. The molecular weight excluding hydrogens is 267 g/mol. The van der Waals surface area contributed by atoms with E-state index in [4.69, 9.17) is 0 Å². The predicted octanol–water partition coefficient (Wildman–Crippen LogP) is 2.57. The fraction of sp³-hybridized carbons (Fsp3) is 1.00. The number of hydrogen-bond donors (Lipinski definition) is 0. The summed E-state index contributed by atoms with van der Waals surface area (Å²) in [5, 5.41) is 0. The van der Waals surface area contributed by atoms with Crippen LogP contribution in [0, 0.1) is 17.8 Å². The van der Waals surface area contributed by atoms with Crippen molar-refractivity contribution in [1.82, 2.24) is 4.31 Å². The Labute approximate surface area is 106 Å². The Kier molecular flexibility index (Phi) is 2.81. The molecule has 0 aromatic heterocycles. The standard InChI is InChI=1S/C11H16F3NO2S/c12-11(13,14)15(18(16)17)10-4-7-1-8(5-10)3-9(2-7)6-10/h7-9H,1-6H2,(H,16,17)/p-1. The van der Waals surface area contributed by atoms with Crippen LogP contribution in [0.4, 0.5) is 13.2 Å². The molecule has 0 spiro atoms. The monoisotopic (exact) mass is 282 g/mol. The van der Waals surface area contributed by atoms with Crippen LogP contribution in [0.5, 0.6) is 0 Å². The maximum Gasteiger partial charge on any atom is 0.471 e. The molecule has 4 fully saturated rings. The van der Waals surface area contributed by atoms with Crippen molar-refractivity contribution in [2.45, 2.75) is 50.4 Å². The predicted molar refractivity (Wildman–Crippen MR) is 57.7 cm³/mol. The molecule has 4 aliphatic rings. The molecule has 0 aromatic carbocycles. The molecule has 0 radical (unpaired) electrons.